The molecule has 6 heteroatoms. The molecule has 2 aliphatic rings. The molecule has 0 amide bonds. The standard InChI is InChI=1S/C22H22N4O2/c23-19(12-3-1-4-12)21-18(22(27)28)15-7-6-13-11-25-17(9-16(13)20(15)26-21)14-5-2-8-24-10-14/h2,5,8-12,19,26H,1,3-4,6-7,23H2,(H,27,28). The highest BCUT2D eigenvalue weighted by molar-refractivity contribution is 5.95. The maximum Gasteiger partial charge on any atom is 0.337 e. The Morgan fingerprint density at radius 3 is 2.82 bits per heavy atom. The van der Waals surface area contributed by atoms with Crippen molar-refractivity contribution in [1.29, 1.82) is 0 Å². The third-order valence-electron chi connectivity index (χ3n) is 6.19. The van der Waals surface area contributed by atoms with Gasteiger partial charge in [0.15, 0.2) is 0 Å². The van der Waals surface area contributed by atoms with Gasteiger partial charge in [0.05, 0.1) is 17.0 Å². The van der Waals surface area contributed by atoms with Gasteiger partial charge in [-0.15, -0.1) is 0 Å². The van der Waals surface area contributed by atoms with Crippen molar-refractivity contribution in [2.24, 2.45) is 11.7 Å². The fourth-order valence-electron chi connectivity index (χ4n) is 4.42. The summed E-state index contributed by atoms with van der Waals surface area (Å²) in [4.78, 5) is 24.3. The van der Waals surface area contributed by atoms with E-state index in [4.69, 9.17) is 5.73 Å². The van der Waals surface area contributed by atoms with Gasteiger partial charge in [0.2, 0.25) is 0 Å². The average molecular weight is 374 g/mol. The van der Waals surface area contributed by atoms with Gasteiger partial charge in [0.1, 0.15) is 0 Å². The molecule has 1 fully saturated rings. The van der Waals surface area contributed by atoms with Crippen molar-refractivity contribution in [1.82, 2.24) is 15.0 Å². The number of aromatic carboxylic acids is 1. The van der Waals surface area contributed by atoms with Gasteiger partial charge in [-0.3, -0.25) is 9.97 Å². The summed E-state index contributed by atoms with van der Waals surface area (Å²) in [6, 6.07) is 5.63. The predicted octanol–water partition coefficient (Wildman–Crippen LogP) is 3.74. The van der Waals surface area contributed by atoms with Crippen LogP contribution in [0.15, 0.2) is 36.8 Å². The number of aryl methyl sites for hydroxylation is 1. The lowest BCUT2D eigenvalue weighted by molar-refractivity contribution is 0.0693. The summed E-state index contributed by atoms with van der Waals surface area (Å²) < 4.78 is 0. The Morgan fingerprint density at radius 2 is 2.14 bits per heavy atom. The van der Waals surface area contributed by atoms with Gasteiger partial charge in [-0.1, -0.05) is 6.42 Å². The smallest absolute Gasteiger partial charge is 0.337 e. The highest BCUT2D eigenvalue weighted by Crippen LogP contribution is 2.42. The van der Waals surface area contributed by atoms with Crippen LogP contribution in [0.2, 0.25) is 0 Å². The van der Waals surface area contributed by atoms with Crippen LogP contribution in [0.4, 0.5) is 0 Å². The van der Waals surface area contributed by atoms with E-state index in [1.165, 1.54) is 6.42 Å². The molecule has 0 saturated heterocycles. The summed E-state index contributed by atoms with van der Waals surface area (Å²) in [5.41, 5.74) is 13.2. The Balaban J connectivity index is 1.65. The van der Waals surface area contributed by atoms with Crippen LogP contribution in [0.1, 0.15) is 52.5 Å². The van der Waals surface area contributed by atoms with Crippen molar-refractivity contribution in [3.05, 3.63) is 59.2 Å². The van der Waals surface area contributed by atoms with Crippen LogP contribution in [-0.2, 0) is 12.8 Å². The van der Waals surface area contributed by atoms with Gasteiger partial charge in [-0.05, 0) is 60.9 Å². The second-order valence-electron chi connectivity index (χ2n) is 7.76. The third-order valence-corrected chi connectivity index (χ3v) is 6.19. The molecule has 0 aliphatic heterocycles. The number of carbonyl (C=O) groups is 1. The largest absolute Gasteiger partial charge is 0.478 e. The molecule has 0 spiro atoms. The molecule has 5 rings (SSSR count). The lowest BCUT2D eigenvalue weighted by Gasteiger charge is -2.31. The second kappa shape index (κ2) is 6.56. The van der Waals surface area contributed by atoms with Crippen LogP contribution < -0.4 is 5.73 Å². The highest BCUT2D eigenvalue weighted by atomic mass is 16.4. The van der Waals surface area contributed by atoms with Crippen LogP contribution in [0.5, 0.6) is 0 Å². The molecule has 0 bridgehead atoms. The fraction of sp³-hybridized carbons (Fsp3) is 0.318. The predicted molar refractivity (Wildman–Crippen MR) is 106 cm³/mol. The van der Waals surface area contributed by atoms with Gasteiger partial charge in [-0.25, -0.2) is 4.79 Å². The average Bonchev–Trinajstić information content (AvgIpc) is 3.07. The van der Waals surface area contributed by atoms with Crippen molar-refractivity contribution in [3.63, 3.8) is 0 Å². The summed E-state index contributed by atoms with van der Waals surface area (Å²) >= 11 is 0. The maximum absolute atomic E-state index is 12.1. The third kappa shape index (κ3) is 2.64. The van der Waals surface area contributed by atoms with Gasteiger partial charge in [-0.2, -0.15) is 0 Å². The zero-order valence-electron chi connectivity index (χ0n) is 15.5. The lowest BCUT2D eigenvalue weighted by Crippen LogP contribution is -2.28. The first-order valence-corrected chi connectivity index (χ1v) is 9.76. The number of rotatable bonds is 4. The van der Waals surface area contributed by atoms with Crippen LogP contribution in [0, 0.1) is 5.92 Å². The number of H-pyrrole nitrogens is 1. The molecule has 142 valence electrons. The van der Waals surface area contributed by atoms with Crippen molar-refractivity contribution in [3.8, 4) is 22.5 Å². The first kappa shape index (κ1) is 17.1. The van der Waals surface area contributed by atoms with E-state index >= 15 is 0 Å². The summed E-state index contributed by atoms with van der Waals surface area (Å²) in [5.74, 6) is -0.534. The van der Waals surface area contributed by atoms with Crippen molar-refractivity contribution in [2.45, 2.75) is 38.1 Å². The zero-order chi connectivity index (χ0) is 19.3. The van der Waals surface area contributed by atoms with E-state index in [0.717, 1.165) is 52.9 Å². The number of pyridine rings is 2. The Bertz CT molecular complexity index is 1050. The normalized spacial score (nSPS) is 16.8. The maximum atomic E-state index is 12.1. The van der Waals surface area contributed by atoms with E-state index in [1.54, 1.807) is 12.4 Å². The molecule has 1 saturated carbocycles. The molecule has 0 radical (unpaired) electrons. The van der Waals surface area contributed by atoms with Crippen molar-refractivity contribution in [2.75, 3.05) is 0 Å². The molecule has 1 atom stereocenters. The summed E-state index contributed by atoms with van der Waals surface area (Å²) in [7, 11) is 0. The van der Waals surface area contributed by atoms with Gasteiger partial charge >= 0.3 is 5.97 Å². The van der Waals surface area contributed by atoms with E-state index in [0.29, 0.717) is 23.6 Å². The molecule has 2 aliphatic carbocycles. The van der Waals surface area contributed by atoms with E-state index in [1.807, 2.05) is 24.4 Å². The molecule has 28 heavy (non-hydrogen) atoms. The number of aromatic nitrogens is 3. The van der Waals surface area contributed by atoms with Crippen LogP contribution >= 0.6 is 0 Å². The first-order valence-electron chi connectivity index (χ1n) is 9.76. The number of nitrogens with zero attached hydrogens (tertiary/aromatic N) is 2. The lowest BCUT2D eigenvalue weighted by atomic mass is 9.78. The zero-order valence-corrected chi connectivity index (χ0v) is 15.5. The van der Waals surface area contributed by atoms with Crippen LogP contribution in [0.3, 0.4) is 0 Å². The molecule has 3 heterocycles. The summed E-state index contributed by atoms with van der Waals surface area (Å²) in [5, 5.41) is 9.92. The summed E-state index contributed by atoms with van der Waals surface area (Å²) in [6.45, 7) is 0. The minimum Gasteiger partial charge on any atom is -0.478 e. The van der Waals surface area contributed by atoms with E-state index in [2.05, 4.69) is 15.0 Å². The Kier molecular flexibility index (Phi) is 4.02. The molecule has 6 nitrogen and oxygen atoms in total. The number of fused-ring (bicyclic) bond motifs is 3. The first-order chi connectivity index (χ1) is 13.6. The monoisotopic (exact) mass is 374 g/mol. The molecule has 4 N–H and O–H groups in total. The number of hydrogen-bond acceptors (Lipinski definition) is 4. The van der Waals surface area contributed by atoms with E-state index in [-0.39, 0.29) is 6.04 Å². The number of nitrogens with two attached hydrogens (primary N) is 1. The summed E-state index contributed by atoms with van der Waals surface area (Å²) in [6.07, 6.45) is 10.2. The fourth-order valence-corrected chi connectivity index (χ4v) is 4.42. The Hall–Kier alpha value is -2.99. The SMILES string of the molecule is NC(c1[nH]c2c(c1C(=O)O)CCc1cnc(-c3cccnc3)cc1-2)C1CCC1. The van der Waals surface area contributed by atoms with Crippen molar-refractivity contribution >= 4 is 5.97 Å². The number of aromatic amines is 1. The van der Waals surface area contributed by atoms with E-state index in [9.17, 15) is 9.90 Å². The van der Waals surface area contributed by atoms with Gasteiger partial charge < -0.3 is 15.8 Å². The number of carboxylic acid groups (broad SMARTS) is 1. The van der Waals surface area contributed by atoms with Gasteiger partial charge in [0, 0.05) is 41.5 Å². The molecular formula is C22H22N4O2. The number of nitrogens with one attached hydrogen (secondary N) is 1. The van der Waals surface area contributed by atoms with Crippen molar-refractivity contribution < 1.29 is 9.90 Å². The van der Waals surface area contributed by atoms with Crippen LogP contribution in [-0.4, -0.2) is 26.0 Å². The Labute approximate surface area is 162 Å². The molecule has 3 aromatic rings. The molecular weight excluding hydrogens is 352 g/mol. The molecule has 1 unspecified atom stereocenters. The Morgan fingerprint density at radius 1 is 1.29 bits per heavy atom. The minimum atomic E-state index is -0.896. The number of carboxylic acids is 1. The quantitative estimate of drug-likeness (QED) is 0.645. The topological polar surface area (TPSA) is 105 Å². The van der Waals surface area contributed by atoms with Gasteiger partial charge in [0.25, 0.3) is 0 Å². The second-order valence-corrected chi connectivity index (χ2v) is 7.76. The van der Waals surface area contributed by atoms with Crippen LogP contribution in [0.25, 0.3) is 22.5 Å². The highest BCUT2D eigenvalue weighted by Gasteiger charge is 2.34. The minimum absolute atomic E-state index is 0.256. The number of hydrogen-bond donors (Lipinski definition) is 3. The van der Waals surface area contributed by atoms with E-state index < -0.39 is 5.97 Å². The molecule has 0 aromatic carbocycles. The molecule has 3 aromatic heterocycles.